The lowest BCUT2D eigenvalue weighted by molar-refractivity contribution is -0.272. The Bertz CT molecular complexity index is 1430. The van der Waals surface area contributed by atoms with Gasteiger partial charge in [-0.15, -0.1) is 0 Å². The molecule has 0 radical (unpaired) electrons. The number of pyridine rings is 2. The number of anilines is 1. The van der Waals surface area contributed by atoms with E-state index in [1.165, 1.54) is 5.56 Å². The summed E-state index contributed by atoms with van der Waals surface area (Å²) in [7, 11) is 0. The third-order valence-corrected chi connectivity index (χ3v) is 7.12. The van der Waals surface area contributed by atoms with E-state index in [1.807, 2.05) is 40.9 Å². The van der Waals surface area contributed by atoms with Gasteiger partial charge >= 0.3 is 0 Å². The molecule has 35 heavy (non-hydrogen) atoms. The van der Waals surface area contributed by atoms with Gasteiger partial charge in [0.25, 0.3) is 5.91 Å². The second kappa shape index (κ2) is 8.49. The molecule has 2 aliphatic heterocycles. The summed E-state index contributed by atoms with van der Waals surface area (Å²) in [5, 5.41) is 18.5. The second-order valence-electron chi connectivity index (χ2n) is 9.44. The molecular weight excluding hydrogens is 444 g/mol. The molecule has 6 rings (SSSR count). The smallest absolute Gasteiger partial charge is 0.254 e. The minimum absolute atomic E-state index is 0.00383. The summed E-state index contributed by atoms with van der Waals surface area (Å²) in [6, 6.07) is 7.87. The molecule has 0 saturated carbocycles. The van der Waals surface area contributed by atoms with Crippen molar-refractivity contribution in [1.82, 2.24) is 24.6 Å². The Hall–Kier alpha value is -3.72. The average molecular weight is 472 g/mol. The summed E-state index contributed by atoms with van der Waals surface area (Å²) in [4.78, 5) is 26.5. The maximum absolute atomic E-state index is 13.6. The highest BCUT2D eigenvalue weighted by atomic mass is 16.5. The molecule has 0 unspecified atom stereocenters. The first kappa shape index (κ1) is 21.8. The number of nitrogens with zero attached hydrogens (tertiary/aromatic N) is 6. The molecule has 0 aliphatic carbocycles. The van der Waals surface area contributed by atoms with Gasteiger partial charge in [-0.05, 0) is 61.5 Å². The van der Waals surface area contributed by atoms with Crippen LogP contribution in [0.2, 0.25) is 0 Å². The second-order valence-corrected chi connectivity index (χ2v) is 9.44. The number of fused-ring (bicyclic) bond motifs is 3. The number of rotatable bonds is 3. The number of benzene rings is 1. The predicted octanol–water partition coefficient (Wildman–Crippen LogP) is 2.59. The van der Waals surface area contributed by atoms with E-state index < -0.39 is 0 Å². The molecule has 9 nitrogen and oxygen atoms in total. The predicted molar refractivity (Wildman–Crippen MR) is 131 cm³/mol. The minimum atomic E-state index is -0.294. The maximum Gasteiger partial charge on any atom is 0.254 e. The zero-order valence-corrected chi connectivity index (χ0v) is 19.9. The summed E-state index contributed by atoms with van der Waals surface area (Å²) in [6.07, 6.45) is 4.25. The van der Waals surface area contributed by atoms with E-state index in [9.17, 15) is 9.90 Å². The Labute approximate surface area is 202 Å². The third-order valence-electron chi connectivity index (χ3n) is 7.12. The summed E-state index contributed by atoms with van der Waals surface area (Å²) in [6.45, 7) is 7.90. The zero-order valence-electron chi connectivity index (χ0n) is 19.9. The number of hydrogen-bond acceptors (Lipinski definition) is 7. The number of piperazine rings is 1. The van der Waals surface area contributed by atoms with Crippen LogP contribution in [0.3, 0.4) is 0 Å². The monoisotopic (exact) mass is 471 g/mol. The number of carbonyl (C=O) groups is 1. The van der Waals surface area contributed by atoms with Gasteiger partial charge in [0.15, 0.2) is 0 Å². The number of aryl methyl sites for hydroxylation is 2. The molecule has 1 atom stereocenters. The average Bonchev–Trinajstić information content (AvgIpc) is 3.54. The van der Waals surface area contributed by atoms with Crippen LogP contribution in [-0.4, -0.2) is 69.9 Å². The van der Waals surface area contributed by atoms with Crippen LogP contribution in [0.15, 0.2) is 36.7 Å². The fraction of sp³-hybridized carbons (Fsp3) is 0.385. The van der Waals surface area contributed by atoms with Crippen LogP contribution in [0.4, 0.5) is 5.82 Å². The van der Waals surface area contributed by atoms with E-state index in [4.69, 9.17) is 4.74 Å². The van der Waals surface area contributed by atoms with Gasteiger partial charge in [-0.1, -0.05) is 0 Å². The van der Waals surface area contributed by atoms with Crippen molar-refractivity contribution in [1.29, 1.82) is 0 Å². The molecule has 2 saturated heterocycles. The van der Waals surface area contributed by atoms with E-state index in [0.29, 0.717) is 42.8 Å². The SMILES string of the molecule is Cc1ccnc(N2CCN(C(=O)c3cc4c(cc3C)nc([O-])c3cnn([C@H]5CCOC5)c34)CC2)c1. The van der Waals surface area contributed by atoms with Crippen molar-refractivity contribution in [2.75, 3.05) is 44.3 Å². The Morgan fingerprint density at radius 1 is 1.11 bits per heavy atom. The largest absolute Gasteiger partial charge is 0.858 e. The van der Waals surface area contributed by atoms with Crippen LogP contribution in [-0.2, 0) is 4.74 Å². The van der Waals surface area contributed by atoms with Crippen molar-refractivity contribution >= 4 is 33.5 Å². The first-order chi connectivity index (χ1) is 17.0. The quantitative estimate of drug-likeness (QED) is 0.453. The fourth-order valence-corrected chi connectivity index (χ4v) is 5.16. The molecule has 1 amide bonds. The van der Waals surface area contributed by atoms with Crippen LogP contribution in [0.5, 0.6) is 5.88 Å². The molecule has 180 valence electrons. The van der Waals surface area contributed by atoms with Crippen molar-refractivity contribution < 1.29 is 14.6 Å². The molecule has 0 N–H and O–H groups in total. The fourth-order valence-electron chi connectivity index (χ4n) is 5.16. The van der Waals surface area contributed by atoms with Gasteiger partial charge in [0.2, 0.25) is 0 Å². The van der Waals surface area contributed by atoms with E-state index >= 15 is 0 Å². The third kappa shape index (κ3) is 3.76. The van der Waals surface area contributed by atoms with Gasteiger partial charge in [0.1, 0.15) is 5.82 Å². The molecule has 9 heteroatoms. The summed E-state index contributed by atoms with van der Waals surface area (Å²) in [5.41, 5.74) is 3.95. The topological polar surface area (TPSA) is 99.4 Å². The van der Waals surface area contributed by atoms with Crippen molar-refractivity contribution in [3.05, 3.63) is 53.3 Å². The van der Waals surface area contributed by atoms with E-state index in [2.05, 4.69) is 33.0 Å². The van der Waals surface area contributed by atoms with E-state index in [1.54, 1.807) is 6.20 Å². The standard InChI is InChI=1S/C26H28N6O3/c1-16-3-5-27-23(11-16)30-6-8-31(9-7-30)26(34)19-13-20-22(12-17(19)2)29-25(33)21-14-28-32(24(20)21)18-4-10-35-15-18/h3,5,11-14,18H,4,6-10,15H2,1-2H3,(H,29,33)/p-1/t18-/m0/s1. The van der Waals surface area contributed by atoms with Gasteiger partial charge in [0.05, 0.1) is 29.9 Å². The highest BCUT2D eigenvalue weighted by molar-refractivity contribution is 6.09. The molecule has 0 bridgehead atoms. The molecule has 5 heterocycles. The Morgan fingerprint density at radius 3 is 2.69 bits per heavy atom. The number of carbonyl (C=O) groups excluding carboxylic acids is 1. The van der Waals surface area contributed by atoms with Crippen LogP contribution in [0, 0.1) is 13.8 Å². The Kier molecular flexibility index (Phi) is 5.29. The first-order valence-corrected chi connectivity index (χ1v) is 12.0. The summed E-state index contributed by atoms with van der Waals surface area (Å²) in [5.74, 6) is 0.651. The number of ether oxygens (including phenoxy) is 1. The van der Waals surface area contributed by atoms with Crippen molar-refractivity contribution in [3.8, 4) is 5.88 Å². The van der Waals surface area contributed by atoms with Crippen LogP contribution >= 0.6 is 0 Å². The van der Waals surface area contributed by atoms with Gasteiger partial charge in [0, 0.05) is 55.3 Å². The molecule has 2 aliphatic rings. The molecule has 0 spiro atoms. The zero-order chi connectivity index (χ0) is 24.1. The Morgan fingerprint density at radius 2 is 1.94 bits per heavy atom. The van der Waals surface area contributed by atoms with Gasteiger partial charge < -0.3 is 19.6 Å². The first-order valence-electron chi connectivity index (χ1n) is 12.0. The lowest BCUT2D eigenvalue weighted by Gasteiger charge is -2.35. The summed E-state index contributed by atoms with van der Waals surface area (Å²) < 4.78 is 7.44. The van der Waals surface area contributed by atoms with Gasteiger partial charge in [-0.25, -0.2) is 4.98 Å². The lowest BCUT2D eigenvalue weighted by Crippen LogP contribution is -2.49. The normalized spacial score (nSPS) is 18.6. The molecule has 4 aromatic rings. The van der Waals surface area contributed by atoms with Gasteiger partial charge in [-0.3, -0.25) is 14.5 Å². The van der Waals surface area contributed by atoms with Crippen LogP contribution in [0.25, 0.3) is 21.8 Å². The summed E-state index contributed by atoms with van der Waals surface area (Å²) >= 11 is 0. The lowest BCUT2D eigenvalue weighted by atomic mass is 10.0. The molecule has 2 fully saturated rings. The minimum Gasteiger partial charge on any atom is -0.858 e. The van der Waals surface area contributed by atoms with Crippen LogP contribution < -0.4 is 10.0 Å². The van der Waals surface area contributed by atoms with Crippen molar-refractivity contribution in [2.45, 2.75) is 26.3 Å². The number of hydrogen-bond donors (Lipinski definition) is 0. The van der Waals surface area contributed by atoms with Gasteiger partial charge in [-0.2, -0.15) is 5.10 Å². The highest BCUT2D eigenvalue weighted by Gasteiger charge is 2.26. The van der Waals surface area contributed by atoms with Crippen LogP contribution in [0.1, 0.15) is 33.9 Å². The Balaban J connectivity index is 1.33. The molecule has 1 aromatic carbocycles. The molecule has 3 aromatic heterocycles. The van der Waals surface area contributed by atoms with Crippen molar-refractivity contribution in [3.63, 3.8) is 0 Å². The molecular formula is C26H27N6O3-. The van der Waals surface area contributed by atoms with E-state index in [-0.39, 0.29) is 17.8 Å². The maximum atomic E-state index is 13.6. The van der Waals surface area contributed by atoms with E-state index in [0.717, 1.165) is 41.8 Å². The number of aromatic nitrogens is 4. The number of amides is 1. The van der Waals surface area contributed by atoms with Crippen molar-refractivity contribution in [2.24, 2.45) is 0 Å². The highest BCUT2D eigenvalue weighted by Crippen LogP contribution is 2.34.